The predicted octanol–water partition coefficient (Wildman–Crippen LogP) is 1.20. The van der Waals surface area contributed by atoms with E-state index in [2.05, 4.69) is 10.1 Å². The molecule has 13 heavy (non-hydrogen) atoms. The maximum atomic E-state index is 10.2. The molecule has 4 nitrogen and oxygen atoms in total. The van der Waals surface area contributed by atoms with E-state index in [1.54, 1.807) is 6.20 Å². The van der Waals surface area contributed by atoms with Gasteiger partial charge in [-0.1, -0.05) is 23.0 Å². The highest BCUT2D eigenvalue weighted by atomic mass is 32.2. The molecule has 0 spiro atoms. The second kappa shape index (κ2) is 5.31. The van der Waals surface area contributed by atoms with E-state index in [4.69, 9.17) is 5.21 Å². The lowest BCUT2D eigenvalue weighted by Gasteiger charge is -1.96. The summed E-state index contributed by atoms with van der Waals surface area (Å²) in [4.78, 5) is 14.3. The molecule has 1 aromatic heterocycles. The highest BCUT2D eigenvalue weighted by Crippen LogP contribution is 2.13. The number of hydrogen-bond donors (Lipinski definition) is 1. The third-order valence-electron chi connectivity index (χ3n) is 1.27. The molecule has 5 heteroatoms. The van der Waals surface area contributed by atoms with Gasteiger partial charge in [-0.3, -0.25) is 4.79 Å². The standard InChI is InChI=1S/C8H8N2O2S/c11-5-7(10-12)6-13-8-3-1-2-4-9-8/h1-5,12H,6H2. The molecule has 0 amide bonds. The van der Waals surface area contributed by atoms with Crippen LogP contribution >= 0.6 is 11.8 Å². The summed E-state index contributed by atoms with van der Waals surface area (Å²) in [6.45, 7) is 0. The van der Waals surface area contributed by atoms with Gasteiger partial charge in [0.1, 0.15) is 5.71 Å². The van der Waals surface area contributed by atoms with Gasteiger partial charge in [-0.05, 0) is 12.1 Å². The third-order valence-corrected chi connectivity index (χ3v) is 2.25. The molecule has 1 heterocycles. The first-order chi connectivity index (χ1) is 6.36. The molecule has 0 aliphatic rings. The Labute approximate surface area is 79.7 Å². The van der Waals surface area contributed by atoms with Gasteiger partial charge >= 0.3 is 0 Å². The first kappa shape index (κ1) is 9.73. The van der Waals surface area contributed by atoms with Crippen molar-refractivity contribution in [3.63, 3.8) is 0 Å². The number of oxime groups is 1. The van der Waals surface area contributed by atoms with Crippen molar-refractivity contribution in [3.8, 4) is 0 Å². The zero-order valence-corrected chi connectivity index (χ0v) is 7.57. The number of rotatable bonds is 4. The van der Waals surface area contributed by atoms with Crippen LogP contribution in [0.2, 0.25) is 0 Å². The lowest BCUT2D eigenvalue weighted by molar-refractivity contribution is -0.102. The molecule has 0 unspecified atom stereocenters. The summed E-state index contributed by atoms with van der Waals surface area (Å²) in [6, 6.07) is 5.49. The van der Waals surface area contributed by atoms with Crippen LogP contribution in [-0.2, 0) is 4.79 Å². The van der Waals surface area contributed by atoms with Crippen LogP contribution in [0.1, 0.15) is 0 Å². The summed E-state index contributed by atoms with van der Waals surface area (Å²) in [7, 11) is 0. The molecular formula is C8H8N2O2S. The molecule has 68 valence electrons. The normalized spacial score (nSPS) is 11.2. The Hall–Kier alpha value is -1.36. The van der Waals surface area contributed by atoms with Gasteiger partial charge < -0.3 is 5.21 Å². The van der Waals surface area contributed by atoms with E-state index >= 15 is 0 Å². The Bertz CT molecular complexity index is 300. The van der Waals surface area contributed by atoms with Gasteiger partial charge in [0.25, 0.3) is 0 Å². The van der Waals surface area contributed by atoms with E-state index in [1.807, 2.05) is 18.2 Å². The Kier molecular flexibility index (Phi) is 3.98. The van der Waals surface area contributed by atoms with E-state index < -0.39 is 0 Å². The molecule has 1 N–H and O–H groups in total. The molecule has 1 aromatic rings. The Morgan fingerprint density at radius 3 is 3.08 bits per heavy atom. The van der Waals surface area contributed by atoms with Gasteiger partial charge in [-0.15, -0.1) is 0 Å². The van der Waals surface area contributed by atoms with Gasteiger partial charge in [-0.2, -0.15) is 0 Å². The van der Waals surface area contributed by atoms with Crippen LogP contribution in [0, 0.1) is 0 Å². The molecule has 0 atom stereocenters. The summed E-state index contributed by atoms with van der Waals surface area (Å²) < 4.78 is 0. The van der Waals surface area contributed by atoms with E-state index in [1.165, 1.54) is 11.8 Å². The van der Waals surface area contributed by atoms with Crippen molar-refractivity contribution in [1.29, 1.82) is 0 Å². The number of thioether (sulfide) groups is 1. The number of aromatic nitrogens is 1. The smallest absolute Gasteiger partial charge is 0.168 e. The zero-order valence-electron chi connectivity index (χ0n) is 6.75. The molecule has 0 radical (unpaired) electrons. The quantitative estimate of drug-likeness (QED) is 0.258. The van der Waals surface area contributed by atoms with Crippen molar-refractivity contribution >= 4 is 23.8 Å². The van der Waals surface area contributed by atoms with Gasteiger partial charge in [0.2, 0.25) is 0 Å². The van der Waals surface area contributed by atoms with E-state index in [0.717, 1.165) is 5.03 Å². The molecule has 0 bridgehead atoms. The highest BCUT2D eigenvalue weighted by Gasteiger charge is 1.99. The number of carbonyl (C=O) groups excluding carboxylic acids is 1. The fourth-order valence-corrected chi connectivity index (χ4v) is 1.40. The molecule has 0 aliphatic carbocycles. The topological polar surface area (TPSA) is 62.5 Å². The van der Waals surface area contributed by atoms with Crippen LogP contribution in [0.4, 0.5) is 0 Å². The summed E-state index contributed by atoms with van der Waals surface area (Å²) in [5.41, 5.74) is 0.107. The van der Waals surface area contributed by atoms with Crippen molar-refractivity contribution in [1.82, 2.24) is 4.98 Å². The number of nitrogens with zero attached hydrogens (tertiary/aromatic N) is 2. The Morgan fingerprint density at radius 1 is 1.69 bits per heavy atom. The minimum atomic E-state index is 0.107. The zero-order chi connectivity index (χ0) is 9.52. The summed E-state index contributed by atoms with van der Waals surface area (Å²) in [6.07, 6.45) is 2.19. The molecule has 0 aromatic carbocycles. The van der Waals surface area contributed by atoms with Gasteiger partial charge in [0.05, 0.1) is 5.03 Å². The van der Waals surface area contributed by atoms with Crippen LogP contribution in [-0.4, -0.2) is 27.9 Å². The SMILES string of the molecule is O=CC(CSc1ccccn1)=NO. The monoisotopic (exact) mass is 196 g/mol. The first-order valence-corrected chi connectivity index (χ1v) is 4.55. The van der Waals surface area contributed by atoms with E-state index in [0.29, 0.717) is 12.0 Å². The van der Waals surface area contributed by atoms with Crippen LogP contribution in [0.3, 0.4) is 0 Å². The summed E-state index contributed by atoms with van der Waals surface area (Å²) >= 11 is 1.34. The molecule has 0 saturated carbocycles. The molecular weight excluding hydrogens is 188 g/mol. The van der Waals surface area contributed by atoms with Gasteiger partial charge in [0, 0.05) is 11.9 Å². The minimum absolute atomic E-state index is 0.107. The van der Waals surface area contributed by atoms with E-state index in [-0.39, 0.29) is 5.71 Å². The highest BCUT2D eigenvalue weighted by molar-refractivity contribution is 8.00. The average Bonchev–Trinajstić information content (AvgIpc) is 2.21. The van der Waals surface area contributed by atoms with Crippen LogP contribution in [0.25, 0.3) is 0 Å². The molecule has 0 saturated heterocycles. The Balaban J connectivity index is 2.48. The van der Waals surface area contributed by atoms with Gasteiger partial charge in [-0.25, -0.2) is 4.98 Å². The van der Waals surface area contributed by atoms with Crippen molar-refractivity contribution < 1.29 is 10.0 Å². The number of pyridine rings is 1. The summed E-state index contributed by atoms with van der Waals surface area (Å²) in [5.74, 6) is 0.330. The largest absolute Gasteiger partial charge is 0.411 e. The molecule has 1 rings (SSSR count). The van der Waals surface area contributed by atoms with Crippen LogP contribution in [0.15, 0.2) is 34.6 Å². The molecule has 0 aliphatic heterocycles. The maximum absolute atomic E-state index is 10.2. The second-order valence-electron chi connectivity index (χ2n) is 2.17. The fraction of sp³-hybridized carbons (Fsp3) is 0.125. The van der Waals surface area contributed by atoms with Crippen molar-refractivity contribution in [2.45, 2.75) is 5.03 Å². The second-order valence-corrected chi connectivity index (χ2v) is 3.16. The fourth-order valence-electron chi connectivity index (χ4n) is 0.667. The molecule has 0 fully saturated rings. The lowest BCUT2D eigenvalue weighted by atomic mass is 10.5. The predicted molar refractivity (Wildman–Crippen MR) is 50.2 cm³/mol. The maximum Gasteiger partial charge on any atom is 0.168 e. The van der Waals surface area contributed by atoms with Crippen molar-refractivity contribution in [2.75, 3.05) is 5.75 Å². The van der Waals surface area contributed by atoms with Gasteiger partial charge in [0.15, 0.2) is 6.29 Å². The number of aldehydes is 1. The number of carbonyl (C=O) groups is 1. The minimum Gasteiger partial charge on any atom is -0.411 e. The summed E-state index contributed by atoms with van der Waals surface area (Å²) in [5, 5.41) is 11.9. The van der Waals surface area contributed by atoms with Crippen LogP contribution in [0.5, 0.6) is 0 Å². The van der Waals surface area contributed by atoms with E-state index in [9.17, 15) is 4.79 Å². The third kappa shape index (κ3) is 3.25. The van der Waals surface area contributed by atoms with Crippen LogP contribution < -0.4 is 0 Å². The number of hydrogen-bond acceptors (Lipinski definition) is 5. The Morgan fingerprint density at radius 2 is 2.54 bits per heavy atom. The first-order valence-electron chi connectivity index (χ1n) is 3.56. The lowest BCUT2D eigenvalue weighted by Crippen LogP contribution is -2.03. The average molecular weight is 196 g/mol. The van der Waals surface area contributed by atoms with Crippen molar-refractivity contribution in [2.24, 2.45) is 5.16 Å². The van der Waals surface area contributed by atoms with Crippen molar-refractivity contribution in [3.05, 3.63) is 24.4 Å².